The van der Waals surface area contributed by atoms with E-state index >= 15 is 0 Å². The van der Waals surface area contributed by atoms with E-state index in [4.69, 9.17) is 25.8 Å². The maximum atomic E-state index is 12.1. The number of hydrogen-bond acceptors (Lipinski definition) is 5. The van der Waals surface area contributed by atoms with Crippen molar-refractivity contribution in [2.45, 2.75) is 26.4 Å². The minimum absolute atomic E-state index is 0.0211. The van der Waals surface area contributed by atoms with Crippen LogP contribution >= 0.6 is 11.6 Å². The van der Waals surface area contributed by atoms with Gasteiger partial charge in [0.15, 0.2) is 11.5 Å². The lowest BCUT2D eigenvalue weighted by atomic mass is 10.1. The summed E-state index contributed by atoms with van der Waals surface area (Å²) in [5.74, 6) is 1.31. The maximum absolute atomic E-state index is 12.1. The number of amides is 1. The molecule has 2 aliphatic heterocycles. The van der Waals surface area contributed by atoms with Crippen LogP contribution in [0.3, 0.4) is 0 Å². The zero-order valence-corrected chi connectivity index (χ0v) is 15.5. The van der Waals surface area contributed by atoms with Crippen molar-refractivity contribution in [3.63, 3.8) is 0 Å². The molecule has 6 nitrogen and oxygen atoms in total. The summed E-state index contributed by atoms with van der Waals surface area (Å²) in [5.41, 5.74) is 0.974. The molecule has 2 bridgehead atoms. The number of nitrogens with zero attached hydrogens (tertiary/aromatic N) is 1. The van der Waals surface area contributed by atoms with Gasteiger partial charge in [0, 0.05) is 30.7 Å². The molecule has 7 heteroatoms. The third kappa shape index (κ3) is 4.37. The molecule has 0 aliphatic carbocycles. The predicted molar refractivity (Wildman–Crippen MR) is 95.3 cm³/mol. The van der Waals surface area contributed by atoms with Gasteiger partial charge < -0.3 is 19.5 Å². The van der Waals surface area contributed by atoms with E-state index in [-0.39, 0.29) is 17.9 Å². The number of hydrogen-bond donors (Lipinski definition) is 1. The van der Waals surface area contributed by atoms with Crippen molar-refractivity contribution < 1.29 is 19.0 Å². The predicted octanol–water partition coefficient (Wildman–Crippen LogP) is 2.08. The minimum Gasteiger partial charge on any atom is -0.490 e. The van der Waals surface area contributed by atoms with Crippen molar-refractivity contribution in [2.24, 2.45) is 5.92 Å². The molecule has 2 atom stereocenters. The van der Waals surface area contributed by atoms with E-state index in [9.17, 15) is 4.79 Å². The van der Waals surface area contributed by atoms with Gasteiger partial charge in [-0.15, -0.1) is 0 Å². The van der Waals surface area contributed by atoms with Crippen molar-refractivity contribution >= 4 is 17.5 Å². The molecule has 2 heterocycles. The van der Waals surface area contributed by atoms with Crippen LogP contribution in [0.2, 0.25) is 5.02 Å². The molecule has 1 N–H and O–H groups in total. The van der Waals surface area contributed by atoms with Gasteiger partial charge in [0.2, 0.25) is 5.91 Å². The highest BCUT2D eigenvalue weighted by molar-refractivity contribution is 6.31. The van der Waals surface area contributed by atoms with E-state index in [2.05, 4.69) is 10.2 Å². The van der Waals surface area contributed by atoms with E-state index in [0.717, 1.165) is 12.1 Å². The highest BCUT2D eigenvalue weighted by atomic mass is 35.5. The first-order valence-electron chi connectivity index (χ1n) is 8.79. The Balaban J connectivity index is 1.79. The topological polar surface area (TPSA) is 60.0 Å². The third-order valence-corrected chi connectivity index (χ3v) is 4.77. The number of benzene rings is 1. The smallest absolute Gasteiger partial charge is 0.227 e. The van der Waals surface area contributed by atoms with E-state index in [1.807, 2.05) is 26.0 Å². The Morgan fingerprint density at radius 1 is 1.20 bits per heavy atom. The Kier molecular flexibility index (Phi) is 6.04. The van der Waals surface area contributed by atoms with Gasteiger partial charge in [0.1, 0.15) is 0 Å². The lowest BCUT2D eigenvalue weighted by Crippen LogP contribution is -2.41. The van der Waals surface area contributed by atoms with Gasteiger partial charge in [0.25, 0.3) is 0 Å². The van der Waals surface area contributed by atoms with E-state index < -0.39 is 0 Å². The largest absolute Gasteiger partial charge is 0.490 e. The zero-order chi connectivity index (χ0) is 17.8. The first-order chi connectivity index (χ1) is 12.1. The summed E-state index contributed by atoms with van der Waals surface area (Å²) in [6.45, 7) is 8.08. The summed E-state index contributed by atoms with van der Waals surface area (Å²) in [7, 11) is 0. The summed E-state index contributed by atoms with van der Waals surface area (Å²) >= 11 is 6.48. The summed E-state index contributed by atoms with van der Waals surface area (Å²) in [6.07, 6.45) is 0. The Labute approximate surface area is 153 Å². The van der Waals surface area contributed by atoms with Crippen LogP contribution in [0.15, 0.2) is 12.1 Å². The van der Waals surface area contributed by atoms with Gasteiger partial charge >= 0.3 is 0 Å². The number of ether oxygens (including phenoxy) is 3. The molecule has 0 aromatic heterocycles. The molecule has 0 unspecified atom stereocenters. The fraction of sp³-hybridized carbons (Fsp3) is 0.611. The second-order valence-electron chi connectivity index (χ2n) is 6.39. The fourth-order valence-corrected chi connectivity index (χ4v) is 3.54. The van der Waals surface area contributed by atoms with Crippen molar-refractivity contribution in [1.29, 1.82) is 0 Å². The molecule has 1 aromatic carbocycles. The molecule has 3 rings (SSSR count). The average Bonchev–Trinajstić information content (AvgIpc) is 2.80. The summed E-state index contributed by atoms with van der Waals surface area (Å²) in [5, 5.41) is 3.70. The Hall–Kier alpha value is -1.50. The SMILES string of the molecule is CCOc1cc(Cl)c(CN2C[C@H]3COC[C@@H](C2)C(=O)N3)cc1OCC. The molecule has 2 aliphatic rings. The third-order valence-electron chi connectivity index (χ3n) is 4.42. The lowest BCUT2D eigenvalue weighted by Gasteiger charge is -2.28. The first kappa shape index (κ1) is 18.3. The number of nitrogens with one attached hydrogen (secondary N) is 1. The van der Waals surface area contributed by atoms with Crippen LogP contribution in [-0.4, -0.2) is 56.4 Å². The van der Waals surface area contributed by atoms with Crippen LogP contribution in [0, 0.1) is 5.92 Å². The molecule has 0 spiro atoms. The van der Waals surface area contributed by atoms with Crippen molar-refractivity contribution in [3.8, 4) is 11.5 Å². The number of carbonyl (C=O) groups is 1. The normalized spacial score (nSPS) is 23.7. The molecule has 2 fully saturated rings. The van der Waals surface area contributed by atoms with Gasteiger partial charge in [-0.05, 0) is 25.5 Å². The number of rotatable bonds is 6. The van der Waals surface area contributed by atoms with Crippen LogP contribution in [-0.2, 0) is 16.1 Å². The van der Waals surface area contributed by atoms with Crippen LogP contribution in [0.5, 0.6) is 11.5 Å². The fourth-order valence-electron chi connectivity index (χ4n) is 3.33. The number of carbonyl (C=O) groups excluding carboxylic acids is 1. The van der Waals surface area contributed by atoms with E-state index in [1.54, 1.807) is 0 Å². The van der Waals surface area contributed by atoms with Crippen molar-refractivity contribution in [3.05, 3.63) is 22.7 Å². The molecular formula is C18H25ClN2O4. The molecule has 1 amide bonds. The van der Waals surface area contributed by atoms with Gasteiger partial charge in [-0.1, -0.05) is 11.6 Å². The first-order valence-corrected chi connectivity index (χ1v) is 9.17. The van der Waals surface area contributed by atoms with Gasteiger partial charge in [-0.25, -0.2) is 0 Å². The lowest BCUT2D eigenvalue weighted by molar-refractivity contribution is -0.125. The van der Waals surface area contributed by atoms with Crippen LogP contribution in [0.25, 0.3) is 0 Å². The standard InChI is InChI=1S/C18H25ClN2O4/c1-3-24-16-5-12(15(19)6-17(16)25-4-2)7-21-8-13-10-23-11-14(9-21)20-18(13)22/h5-6,13-14H,3-4,7-11H2,1-2H3,(H,20,22)/t13-,14+/m1/s1. The quantitative estimate of drug-likeness (QED) is 0.833. The van der Waals surface area contributed by atoms with E-state index in [1.165, 1.54) is 0 Å². The second kappa shape index (κ2) is 8.25. The van der Waals surface area contributed by atoms with Crippen LogP contribution in [0.1, 0.15) is 19.4 Å². The maximum Gasteiger partial charge on any atom is 0.227 e. The highest BCUT2D eigenvalue weighted by Gasteiger charge is 2.33. The second-order valence-corrected chi connectivity index (χ2v) is 6.80. The zero-order valence-electron chi connectivity index (χ0n) is 14.7. The summed E-state index contributed by atoms with van der Waals surface area (Å²) < 4.78 is 16.9. The Morgan fingerprint density at radius 3 is 2.64 bits per heavy atom. The summed E-state index contributed by atoms with van der Waals surface area (Å²) in [6, 6.07) is 3.78. The number of halogens is 1. The molecule has 2 saturated heterocycles. The van der Waals surface area contributed by atoms with Crippen LogP contribution < -0.4 is 14.8 Å². The Bertz CT molecular complexity index is 625. The van der Waals surface area contributed by atoms with Crippen molar-refractivity contribution in [1.82, 2.24) is 10.2 Å². The monoisotopic (exact) mass is 368 g/mol. The van der Waals surface area contributed by atoms with Crippen molar-refractivity contribution in [2.75, 3.05) is 39.5 Å². The van der Waals surface area contributed by atoms with Crippen LogP contribution in [0.4, 0.5) is 0 Å². The average molecular weight is 369 g/mol. The minimum atomic E-state index is -0.139. The van der Waals surface area contributed by atoms with Gasteiger partial charge in [-0.2, -0.15) is 0 Å². The van der Waals surface area contributed by atoms with Gasteiger partial charge in [-0.3, -0.25) is 9.69 Å². The molecular weight excluding hydrogens is 344 g/mol. The molecule has 0 saturated carbocycles. The van der Waals surface area contributed by atoms with E-state index in [0.29, 0.717) is 56.0 Å². The molecule has 138 valence electrons. The Morgan fingerprint density at radius 2 is 1.92 bits per heavy atom. The number of fused-ring (bicyclic) bond motifs is 3. The molecule has 0 radical (unpaired) electrons. The molecule has 1 aromatic rings. The van der Waals surface area contributed by atoms with Gasteiger partial charge in [0.05, 0.1) is 38.4 Å². The highest BCUT2D eigenvalue weighted by Crippen LogP contribution is 2.34. The molecule has 25 heavy (non-hydrogen) atoms. The summed E-state index contributed by atoms with van der Waals surface area (Å²) in [4.78, 5) is 14.4.